The summed E-state index contributed by atoms with van der Waals surface area (Å²) in [6, 6.07) is 19.5. The molecule has 5 nitrogen and oxygen atoms in total. The SMILES string of the molecule is CCc1cc2nc(-c3ccco3)c(-c3ccco3)nc2cc1CC(=O)Cc1ccc(C)cc1. The number of fused-ring (bicyclic) bond motifs is 1. The van der Waals surface area contributed by atoms with Crippen molar-refractivity contribution >= 4 is 16.8 Å². The quantitative estimate of drug-likeness (QED) is 0.296. The first-order valence-electron chi connectivity index (χ1n) is 11.1. The van der Waals surface area contributed by atoms with Gasteiger partial charge in [-0.05, 0) is 66.4 Å². The van der Waals surface area contributed by atoms with E-state index in [4.69, 9.17) is 18.8 Å². The molecule has 0 amide bonds. The van der Waals surface area contributed by atoms with Gasteiger partial charge >= 0.3 is 0 Å². The molecular formula is C28H24N2O3. The average molecular weight is 437 g/mol. The molecule has 0 fully saturated rings. The minimum atomic E-state index is 0.180. The highest BCUT2D eigenvalue weighted by atomic mass is 16.3. The highest BCUT2D eigenvalue weighted by molar-refractivity contribution is 5.88. The van der Waals surface area contributed by atoms with Gasteiger partial charge in [0.1, 0.15) is 17.2 Å². The second-order valence-corrected chi connectivity index (χ2v) is 8.22. The topological polar surface area (TPSA) is 69.1 Å². The van der Waals surface area contributed by atoms with Crippen LogP contribution >= 0.6 is 0 Å². The Morgan fingerprint density at radius 2 is 1.36 bits per heavy atom. The number of ketones is 1. The number of aryl methyl sites for hydroxylation is 2. The molecule has 33 heavy (non-hydrogen) atoms. The summed E-state index contributed by atoms with van der Waals surface area (Å²) in [6.45, 7) is 4.14. The fraction of sp³-hybridized carbons (Fsp3) is 0.179. The molecule has 3 aromatic heterocycles. The van der Waals surface area contributed by atoms with E-state index >= 15 is 0 Å². The van der Waals surface area contributed by atoms with E-state index in [0.29, 0.717) is 35.7 Å². The Kier molecular flexibility index (Phi) is 5.61. The van der Waals surface area contributed by atoms with Crippen molar-refractivity contribution in [2.24, 2.45) is 0 Å². The third-order valence-electron chi connectivity index (χ3n) is 5.79. The number of furan rings is 2. The van der Waals surface area contributed by atoms with Crippen molar-refractivity contribution in [3.8, 4) is 22.9 Å². The van der Waals surface area contributed by atoms with Crippen molar-refractivity contribution in [3.63, 3.8) is 0 Å². The van der Waals surface area contributed by atoms with Gasteiger partial charge in [0.15, 0.2) is 11.5 Å². The van der Waals surface area contributed by atoms with Crippen LogP contribution in [0.5, 0.6) is 0 Å². The lowest BCUT2D eigenvalue weighted by molar-refractivity contribution is -0.117. The van der Waals surface area contributed by atoms with Crippen LogP contribution in [0.4, 0.5) is 0 Å². The van der Waals surface area contributed by atoms with Crippen molar-refractivity contribution in [2.45, 2.75) is 33.1 Å². The van der Waals surface area contributed by atoms with Crippen molar-refractivity contribution < 1.29 is 13.6 Å². The lowest BCUT2D eigenvalue weighted by atomic mass is 9.96. The molecule has 3 heterocycles. The van der Waals surface area contributed by atoms with Crippen LogP contribution in [0.3, 0.4) is 0 Å². The van der Waals surface area contributed by atoms with Gasteiger partial charge in [0, 0.05) is 12.8 Å². The van der Waals surface area contributed by atoms with Crippen LogP contribution in [0.25, 0.3) is 33.9 Å². The summed E-state index contributed by atoms with van der Waals surface area (Å²) in [5, 5.41) is 0. The first kappa shape index (κ1) is 20.9. The molecule has 0 spiro atoms. The summed E-state index contributed by atoms with van der Waals surface area (Å²) in [7, 11) is 0. The summed E-state index contributed by atoms with van der Waals surface area (Å²) in [5.74, 6) is 1.43. The first-order valence-corrected chi connectivity index (χ1v) is 11.1. The van der Waals surface area contributed by atoms with Gasteiger partial charge in [-0.15, -0.1) is 0 Å². The number of Topliss-reactive ketones (excluding diaryl/α,β-unsaturated/α-hetero) is 1. The summed E-state index contributed by atoms with van der Waals surface area (Å²) in [5.41, 5.74) is 7.06. The number of hydrogen-bond acceptors (Lipinski definition) is 5. The number of carbonyl (C=O) groups excluding carboxylic acids is 1. The second kappa shape index (κ2) is 8.87. The molecule has 164 valence electrons. The molecule has 0 unspecified atom stereocenters. The molecule has 5 heteroatoms. The molecule has 0 aliphatic heterocycles. The van der Waals surface area contributed by atoms with Crippen LogP contribution < -0.4 is 0 Å². The third kappa shape index (κ3) is 4.35. The lowest BCUT2D eigenvalue weighted by Crippen LogP contribution is -2.09. The molecule has 0 radical (unpaired) electrons. The zero-order valence-electron chi connectivity index (χ0n) is 18.7. The summed E-state index contributed by atoms with van der Waals surface area (Å²) >= 11 is 0. The Morgan fingerprint density at radius 3 is 1.88 bits per heavy atom. The van der Waals surface area contributed by atoms with Crippen molar-refractivity contribution in [1.82, 2.24) is 9.97 Å². The van der Waals surface area contributed by atoms with E-state index in [0.717, 1.165) is 34.1 Å². The van der Waals surface area contributed by atoms with Gasteiger partial charge in [-0.3, -0.25) is 4.79 Å². The molecule has 0 aliphatic rings. The molecule has 5 rings (SSSR count). The lowest BCUT2D eigenvalue weighted by Gasteiger charge is -2.12. The fourth-order valence-electron chi connectivity index (χ4n) is 4.06. The average Bonchev–Trinajstić information content (AvgIpc) is 3.54. The summed E-state index contributed by atoms with van der Waals surface area (Å²) < 4.78 is 11.2. The summed E-state index contributed by atoms with van der Waals surface area (Å²) in [6.07, 6.45) is 4.82. The largest absolute Gasteiger partial charge is 0.463 e. The monoisotopic (exact) mass is 436 g/mol. The Labute approximate surface area is 192 Å². The minimum absolute atomic E-state index is 0.180. The molecule has 5 aromatic rings. The van der Waals surface area contributed by atoms with Gasteiger partial charge in [-0.25, -0.2) is 9.97 Å². The Hall–Kier alpha value is -3.99. The van der Waals surface area contributed by atoms with Crippen LogP contribution in [-0.4, -0.2) is 15.8 Å². The third-order valence-corrected chi connectivity index (χ3v) is 5.79. The Balaban J connectivity index is 1.54. The second-order valence-electron chi connectivity index (χ2n) is 8.22. The van der Waals surface area contributed by atoms with Crippen LogP contribution in [0, 0.1) is 6.92 Å². The highest BCUT2D eigenvalue weighted by Crippen LogP contribution is 2.32. The number of aromatic nitrogens is 2. The number of rotatable bonds is 7. The Bertz CT molecular complexity index is 1400. The molecule has 0 saturated carbocycles. The highest BCUT2D eigenvalue weighted by Gasteiger charge is 2.19. The van der Waals surface area contributed by atoms with Crippen molar-refractivity contribution in [1.29, 1.82) is 0 Å². The Morgan fingerprint density at radius 1 is 0.788 bits per heavy atom. The fourth-order valence-corrected chi connectivity index (χ4v) is 4.06. The van der Waals surface area contributed by atoms with Crippen LogP contribution in [-0.2, 0) is 24.1 Å². The standard InChI is InChI=1S/C28H24N2O3/c1-3-20-16-23-24(17-21(20)15-22(31)14-19-10-8-18(2)9-11-19)30-28(26-7-5-13-33-26)27(29-23)25-6-4-12-32-25/h4-13,16-17H,3,14-15H2,1-2H3. The maximum absolute atomic E-state index is 12.9. The van der Waals surface area contributed by atoms with Gasteiger partial charge in [-0.2, -0.15) is 0 Å². The predicted molar refractivity (Wildman–Crippen MR) is 128 cm³/mol. The zero-order chi connectivity index (χ0) is 22.8. The van der Waals surface area contributed by atoms with E-state index in [9.17, 15) is 4.79 Å². The molecule has 0 N–H and O–H groups in total. The van der Waals surface area contributed by atoms with Crippen molar-refractivity contribution in [3.05, 3.63) is 95.4 Å². The smallest absolute Gasteiger partial charge is 0.154 e. The maximum Gasteiger partial charge on any atom is 0.154 e. The van der Waals surface area contributed by atoms with Crippen molar-refractivity contribution in [2.75, 3.05) is 0 Å². The minimum Gasteiger partial charge on any atom is -0.463 e. The van der Waals surface area contributed by atoms with Crippen LogP contribution in [0.2, 0.25) is 0 Å². The van der Waals surface area contributed by atoms with E-state index in [-0.39, 0.29) is 5.78 Å². The number of benzene rings is 2. The molecule has 0 aliphatic carbocycles. The van der Waals surface area contributed by atoms with E-state index in [2.05, 4.69) is 6.92 Å². The van der Waals surface area contributed by atoms with Gasteiger partial charge < -0.3 is 8.83 Å². The van der Waals surface area contributed by atoms with Crippen LogP contribution in [0.1, 0.15) is 29.2 Å². The molecule has 0 atom stereocenters. The zero-order valence-corrected chi connectivity index (χ0v) is 18.7. The molecule has 0 saturated heterocycles. The normalized spacial score (nSPS) is 11.2. The van der Waals surface area contributed by atoms with E-state index < -0.39 is 0 Å². The first-order chi connectivity index (χ1) is 16.1. The van der Waals surface area contributed by atoms with E-state index in [1.807, 2.05) is 67.6 Å². The van der Waals surface area contributed by atoms with Gasteiger partial charge in [0.2, 0.25) is 0 Å². The van der Waals surface area contributed by atoms with Gasteiger partial charge in [0.25, 0.3) is 0 Å². The van der Waals surface area contributed by atoms with E-state index in [1.165, 1.54) is 5.56 Å². The van der Waals surface area contributed by atoms with Gasteiger partial charge in [0.05, 0.1) is 23.6 Å². The van der Waals surface area contributed by atoms with Crippen LogP contribution in [0.15, 0.2) is 82.0 Å². The van der Waals surface area contributed by atoms with Gasteiger partial charge in [-0.1, -0.05) is 36.8 Å². The maximum atomic E-state index is 12.9. The molecular weight excluding hydrogens is 412 g/mol. The predicted octanol–water partition coefficient (Wildman–Crippen LogP) is 6.37. The number of nitrogens with zero attached hydrogens (tertiary/aromatic N) is 2. The number of carbonyl (C=O) groups is 1. The molecule has 0 bridgehead atoms. The summed E-state index contributed by atoms with van der Waals surface area (Å²) in [4.78, 5) is 22.6. The van der Waals surface area contributed by atoms with E-state index in [1.54, 1.807) is 12.5 Å². The molecule has 2 aromatic carbocycles. The number of hydrogen-bond donors (Lipinski definition) is 0.